The minimum Gasteiger partial charge on any atom is -0.507 e. The van der Waals surface area contributed by atoms with E-state index in [2.05, 4.69) is 21.2 Å². The van der Waals surface area contributed by atoms with Crippen LogP contribution in [0.3, 0.4) is 0 Å². The molecule has 7 heteroatoms. The van der Waals surface area contributed by atoms with Gasteiger partial charge < -0.3 is 19.9 Å². The summed E-state index contributed by atoms with van der Waals surface area (Å²) in [5.74, 6) is -0.819. The summed E-state index contributed by atoms with van der Waals surface area (Å²) in [4.78, 5) is 23.6. The number of nitrogens with one attached hydrogen (secondary N) is 1. The van der Waals surface area contributed by atoms with Crippen molar-refractivity contribution in [1.29, 1.82) is 0 Å². The Bertz CT molecular complexity index is 715. The molecule has 23 heavy (non-hydrogen) atoms. The monoisotopic (exact) mass is 379 g/mol. The van der Waals surface area contributed by atoms with Crippen molar-refractivity contribution in [3.63, 3.8) is 0 Å². The van der Waals surface area contributed by atoms with Crippen molar-refractivity contribution in [3.05, 3.63) is 52.5 Å². The molecule has 1 amide bonds. The van der Waals surface area contributed by atoms with Crippen molar-refractivity contribution < 1.29 is 24.2 Å². The molecule has 0 atom stereocenters. The summed E-state index contributed by atoms with van der Waals surface area (Å²) in [7, 11) is 1.55. The molecule has 0 saturated carbocycles. The summed E-state index contributed by atoms with van der Waals surface area (Å²) in [5, 5.41) is 12.2. The molecule has 0 radical (unpaired) electrons. The molecule has 0 aromatic heterocycles. The highest BCUT2D eigenvalue weighted by molar-refractivity contribution is 9.10. The van der Waals surface area contributed by atoms with Gasteiger partial charge in [0.1, 0.15) is 17.1 Å². The fourth-order valence-corrected chi connectivity index (χ4v) is 2.11. The van der Waals surface area contributed by atoms with Crippen LogP contribution in [-0.4, -0.2) is 30.7 Å². The fraction of sp³-hybridized carbons (Fsp3) is 0.125. The first-order chi connectivity index (χ1) is 11.0. The maximum Gasteiger partial charge on any atom is 0.342 e. The number of phenolic OH excluding ortho intramolecular Hbond substituents is 1. The van der Waals surface area contributed by atoms with E-state index < -0.39 is 18.5 Å². The number of carbonyl (C=O) groups excluding carboxylic acids is 2. The van der Waals surface area contributed by atoms with E-state index >= 15 is 0 Å². The van der Waals surface area contributed by atoms with Gasteiger partial charge >= 0.3 is 5.97 Å². The van der Waals surface area contributed by atoms with Crippen molar-refractivity contribution in [2.75, 3.05) is 19.0 Å². The molecule has 2 rings (SSSR count). The quantitative estimate of drug-likeness (QED) is 0.780. The van der Waals surface area contributed by atoms with Crippen LogP contribution in [-0.2, 0) is 9.53 Å². The van der Waals surface area contributed by atoms with Gasteiger partial charge in [0.05, 0.1) is 7.11 Å². The van der Waals surface area contributed by atoms with Gasteiger partial charge in [0, 0.05) is 10.2 Å². The van der Waals surface area contributed by atoms with Crippen molar-refractivity contribution in [3.8, 4) is 11.5 Å². The van der Waals surface area contributed by atoms with Gasteiger partial charge in [-0.1, -0.05) is 15.9 Å². The standard InChI is InChI=1S/C16H14BrNO5/c1-22-12-5-3-11(4-6-12)18-15(20)9-23-16(21)13-8-10(17)2-7-14(13)19/h2-8,19H,9H2,1H3,(H,18,20). The van der Waals surface area contributed by atoms with Gasteiger partial charge in [0.2, 0.25) is 0 Å². The van der Waals surface area contributed by atoms with Crippen LogP contribution in [0.2, 0.25) is 0 Å². The lowest BCUT2D eigenvalue weighted by molar-refractivity contribution is -0.119. The van der Waals surface area contributed by atoms with E-state index in [1.54, 1.807) is 37.4 Å². The van der Waals surface area contributed by atoms with Gasteiger partial charge in [-0.15, -0.1) is 0 Å². The fourth-order valence-electron chi connectivity index (χ4n) is 1.75. The third-order valence-electron chi connectivity index (χ3n) is 2.89. The normalized spacial score (nSPS) is 10.0. The third kappa shape index (κ3) is 4.72. The Hall–Kier alpha value is -2.54. The number of aromatic hydroxyl groups is 1. The topological polar surface area (TPSA) is 84.9 Å². The van der Waals surface area contributed by atoms with Crippen LogP contribution >= 0.6 is 15.9 Å². The smallest absolute Gasteiger partial charge is 0.342 e. The van der Waals surface area contributed by atoms with Crippen LogP contribution in [0.25, 0.3) is 0 Å². The zero-order valence-corrected chi connectivity index (χ0v) is 13.8. The van der Waals surface area contributed by atoms with Gasteiger partial charge in [-0.2, -0.15) is 0 Å². The van der Waals surface area contributed by atoms with Crippen LogP contribution in [0.4, 0.5) is 5.69 Å². The minimum atomic E-state index is -0.784. The highest BCUT2D eigenvalue weighted by Gasteiger charge is 2.15. The molecule has 2 aromatic carbocycles. The second kappa shape index (κ2) is 7.64. The van der Waals surface area contributed by atoms with E-state index in [0.717, 1.165) is 0 Å². The Kier molecular flexibility index (Phi) is 5.59. The van der Waals surface area contributed by atoms with Crippen LogP contribution in [0.5, 0.6) is 11.5 Å². The highest BCUT2D eigenvalue weighted by Crippen LogP contribution is 2.22. The third-order valence-corrected chi connectivity index (χ3v) is 3.38. The number of halogens is 1. The maximum absolute atomic E-state index is 11.9. The lowest BCUT2D eigenvalue weighted by Crippen LogP contribution is -2.21. The van der Waals surface area contributed by atoms with Crippen LogP contribution in [0.1, 0.15) is 10.4 Å². The minimum absolute atomic E-state index is 0.0170. The van der Waals surface area contributed by atoms with E-state index in [0.29, 0.717) is 15.9 Å². The summed E-state index contributed by atoms with van der Waals surface area (Å²) < 4.78 is 10.5. The maximum atomic E-state index is 11.9. The number of rotatable bonds is 5. The number of anilines is 1. The summed E-state index contributed by atoms with van der Waals surface area (Å²) in [5.41, 5.74) is 0.536. The zero-order valence-electron chi connectivity index (χ0n) is 12.2. The number of hydrogen-bond acceptors (Lipinski definition) is 5. The first-order valence-electron chi connectivity index (χ1n) is 6.59. The Morgan fingerprint density at radius 1 is 1.17 bits per heavy atom. The summed E-state index contributed by atoms with van der Waals surface area (Å²) in [6.07, 6.45) is 0. The Morgan fingerprint density at radius 3 is 2.52 bits per heavy atom. The number of methoxy groups -OCH3 is 1. The Labute approximate surface area is 141 Å². The molecule has 0 spiro atoms. The Morgan fingerprint density at radius 2 is 1.87 bits per heavy atom. The number of hydrogen-bond donors (Lipinski definition) is 2. The van der Waals surface area contributed by atoms with E-state index in [1.807, 2.05) is 0 Å². The largest absolute Gasteiger partial charge is 0.507 e. The number of carbonyl (C=O) groups is 2. The molecule has 0 bridgehead atoms. The van der Waals surface area contributed by atoms with Gasteiger partial charge in [0.15, 0.2) is 6.61 Å². The SMILES string of the molecule is COc1ccc(NC(=O)COC(=O)c2cc(Br)ccc2O)cc1. The van der Waals surface area contributed by atoms with Crippen LogP contribution in [0, 0.1) is 0 Å². The van der Waals surface area contributed by atoms with Crippen molar-refractivity contribution in [2.24, 2.45) is 0 Å². The van der Waals surface area contributed by atoms with Crippen molar-refractivity contribution in [1.82, 2.24) is 0 Å². The molecule has 0 aliphatic rings. The second-order valence-corrected chi connectivity index (χ2v) is 5.43. The number of esters is 1. The number of amides is 1. The van der Waals surface area contributed by atoms with E-state index in [4.69, 9.17) is 9.47 Å². The van der Waals surface area contributed by atoms with Gasteiger partial charge in [-0.25, -0.2) is 4.79 Å². The van der Waals surface area contributed by atoms with Crippen molar-refractivity contribution >= 4 is 33.5 Å². The average molecular weight is 380 g/mol. The Balaban J connectivity index is 1.90. The number of benzene rings is 2. The highest BCUT2D eigenvalue weighted by atomic mass is 79.9. The van der Waals surface area contributed by atoms with E-state index in [-0.39, 0.29) is 11.3 Å². The lowest BCUT2D eigenvalue weighted by atomic mass is 10.2. The molecule has 0 heterocycles. The van der Waals surface area contributed by atoms with Crippen LogP contribution < -0.4 is 10.1 Å². The molecular weight excluding hydrogens is 366 g/mol. The van der Waals surface area contributed by atoms with Gasteiger partial charge in [-0.05, 0) is 42.5 Å². The van der Waals surface area contributed by atoms with Gasteiger partial charge in [0.25, 0.3) is 5.91 Å². The van der Waals surface area contributed by atoms with E-state index in [9.17, 15) is 14.7 Å². The zero-order chi connectivity index (χ0) is 16.8. The van der Waals surface area contributed by atoms with Crippen LogP contribution in [0.15, 0.2) is 46.9 Å². The molecule has 0 unspecified atom stereocenters. The summed E-state index contributed by atoms with van der Waals surface area (Å²) >= 11 is 3.19. The molecule has 0 saturated heterocycles. The summed E-state index contributed by atoms with van der Waals surface area (Å²) in [6, 6.07) is 11.1. The van der Waals surface area contributed by atoms with Crippen molar-refractivity contribution in [2.45, 2.75) is 0 Å². The predicted octanol–water partition coefficient (Wildman–Crippen LogP) is 2.96. The number of phenols is 1. The second-order valence-electron chi connectivity index (χ2n) is 4.51. The molecule has 2 aromatic rings. The van der Waals surface area contributed by atoms with Gasteiger partial charge in [-0.3, -0.25) is 4.79 Å². The first-order valence-corrected chi connectivity index (χ1v) is 7.38. The first kappa shape index (κ1) is 16.8. The average Bonchev–Trinajstić information content (AvgIpc) is 2.55. The molecule has 120 valence electrons. The summed E-state index contributed by atoms with van der Waals surface area (Å²) in [6.45, 7) is -0.461. The molecule has 0 fully saturated rings. The molecule has 0 aliphatic carbocycles. The molecule has 6 nitrogen and oxygen atoms in total. The van der Waals surface area contributed by atoms with E-state index in [1.165, 1.54) is 12.1 Å². The number of ether oxygens (including phenoxy) is 2. The lowest BCUT2D eigenvalue weighted by Gasteiger charge is -2.08. The molecule has 0 aliphatic heterocycles. The predicted molar refractivity (Wildman–Crippen MR) is 87.7 cm³/mol. The molecular formula is C16H14BrNO5. The molecule has 2 N–H and O–H groups in total.